The highest BCUT2D eigenvalue weighted by Gasteiger charge is 2.22. The van der Waals surface area contributed by atoms with Crippen LogP contribution in [0.15, 0.2) is 41.0 Å². The molecular formula is C22H20F3NO2. The van der Waals surface area contributed by atoms with E-state index < -0.39 is 11.6 Å². The Morgan fingerprint density at radius 1 is 1.07 bits per heavy atom. The van der Waals surface area contributed by atoms with E-state index in [1.54, 1.807) is 13.0 Å². The largest absolute Gasteiger partial charge is 0.483 e. The predicted octanol–water partition coefficient (Wildman–Crippen LogP) is 6.30. The normalized spacial score (nSPS) is 14.6. The van der Waals surface area contributed by atoms with Gasteiger partial charge in [0.05, 0.1) is 0 Å². The van der Waals surface area contributed by atoms with Crippen molar-refractivity contribution in [1.82, 2.24) is 4.98 Å². The van der Waals surface area contributed by atoms with Crippen LogP contribution in [0.25, 0.3) is 11.1 Å². The summed E-state index contributed by atoms with van der Waals surface area (Å²) in [5.41, 5.74) is 1.82. The number of hydrogen-bond donors (Lipinski definition) is 0. The Morgan fingerprint density at radius 3 is 2.57 bits per heavy atom. The SMILES string of the molecule is Cc1cc(-c2ccc(F)c(F)c2OCc2coc(C3CCCC3)n2)ccc1F. The number of aromatic nitrogens is 1. The summed E-state index contributed by atoms with van der Waals surface area (Å²) in [5, 5.41) is 0. The quantitative estimate of drug-likeness (QED) is 0.515. The van der Waals surface area contributed by atoms with Crippen LogP contribution in [-0.4, -0.2) is 4.98 Å². The summed E-state index contributed by atoms with van der Waals surface area (Å²) in [6.07, 6.45) is 5.91. The number of nitrogens with zero attached hydrogens (tertiary/aromatic N) is 1. The average Bonchev–Trinajstić information content (AvgIpc) is 3.37. The van der Waals surface area contributed by atoms with Crippen molar-refractivity contribution >= 4 is 0 Å². The van der Waals surface area contributed by atoms with E-state index in [1.165, 1.54) is 24.5 Å². The zero-order chi connectivity index (χ0) is 19.7. The summed E-state index contributed by atoms with van der Waals surface area (Å²) in [6, 6.07) is 6.83. The van der Waals surface area contributed by atoms with E-state index in [-0.39, 0.29) is 18.2 Å². The van der Waals surface area contributed by atoms with Gasteiger partial charge in [0, 0.05) is 11.5 Å². The van der Waals surface area contributed by atoms with E-state index in [0.29, 0.717) is 34.2 Å². The lowest BCUT2D eigenvalue weighted by atomic mass is 10.0. The van der Waals surface area contributed by atoms with Crippen LogP contribution in [0.5, 0.6) is 5.75 Å². The maximum atomic E-state index is 14.5. The molecule has 3 nitrogen and oxygen atoms in total. The Labute approximate surface area is 161 Å². The van der Waals surface area contributed by atoms with E-state index in [1.807, 2.05) is 0 Å². The Balaban J connectivity index is 1.60. The molecule has 4 rings (SSSR count). The van der Waals surface area contributed by atoms with Gasteiger partial charge in [-0.3, -0.25) is 0 Å². The fraction of sp³-hybridized carbons (Fsp3) is 0.318. The first-order valence-electron chi connectivity index (χ1n) is 9.34. The second-order valence-corrected chi connectivity index (χ2v) is 7.15. The number of ether oxygens (including phenoxy) is 1. The highest BCUT2D eigenvalue weighted by molar-refractivity contribution is 5.71. The molecular weight excluding hydrogens is 367 g/mol. The van der Waals surface area contributed by atoms with Gasteiger partial charge in [-0.25, -0.2) is 13.8 Å². The molecule has 0 atom stereocenters. The first kappa shape index (κ1) is 18.6. The second-order valence-electron chi connectivity index (χ2n) is 7.15. The van der Waals surface area contributed by atoms with Gasteiger partial charge in [0.1, 0.15) is 24.4 Å². The summed E-state index contributed by atoms with van der Waals surface area (Å²) in [5.74, 6) is -1.70. The first-order valence-corrected chi connectivity index (χ1v) is 9.34. The number of oxazole rings is 1. The summed E-state index contributed by atoms with van der Waals surface area (Å²) in [6.45, 7) is 1.56. The van der Waals surface area contributed by atoms with Crippen LogP contribution < -0.4 is 4.74 Å². The van der Waals surface area contributed by atoms with Crippen LogP contribution in [0, 0.1) is 24.4 Å². The average molecular weight is 387 g/mol. The highest BCUT2D eigenvalue weighted by Crippen LogP contribution is 2.36. The predicted molar refractivity (Wildman–Crippen MR) is 98.5 cm³/mol. The fourth-order valence-electron chi connectivity index (χ4n) is 3.61. The number of benzene rings is 2. The Bertz CT molecular complexity index is 993. The fourth-order valence-corrected chi connectivity index (χ4v) is 3.61. The van der Waals surface area contributed by atoms with Crippen LogP contribution in [-0.2, 0) is 6.61 Å². The molecule has 6 heteroatoms. The third-order valence-electron chi connectivity index (χ3n) is 5.16. The molecule has 0 bridgehead atoms. The maximum Gasteiger partial charge on any atom is 0.201 e. The molecule has 0 aliphatic heterocycles. The first-order chi connectivity index (χ1) is 13.5. The van der Waals surface area contributed by atoms with Crippen molar-refractivity contribution in [3.63, 3.8) is 0 Å². The van der Waals surface area contributed by atoms with Crippen molar-refractivity contribution < 1.29 is 22.3 Å². The molecule has 2 aromatic carbocycles. The van der Waals surface area contributed by atoms with Crippen LogP contribution in [0.1, 0.15) is 48.7 Å². The third kappa shape index (κ3) is 3.63. The molecule has 1 heterocycles. The van der Waals surface area contributed by atoms with Gasteiger partial charge in [-0.05, 0) is 55.2 Å². The van der Waals surface area contributed by atoms with E-state index in [4.69, 9.17) is 9.15 Å². The third-order valence-corrected chi connectivity index (χ3v) is 5.16. The topological polar surface area (TPSA) is 35.3 Å². The van der Waals surface area contributed by atoms with Gasteiger partial charge < -0.3 is 9.15 Å². The van der Waals surface area contributed by atoms with Gasteiger partial charge in [0.15, 0.2) is 17.5 Å². The maximum absolute atomic E-state index is 14.5. The lowest BCUT2D eigenvalue weighted by Gasteiger charge is -2.13. The Kier molecular flexibility index (Phi) is 5.11. The zero-order valence-electron chi connectivity index (χ0n) is 15.5. The molecule has 1 aliphatic carbocycles. The Morgan fingerprint density at radius 2 is 1.82 bits per heavy atom. The van der Waals surface area contributed by atoms with Crippen molar-refractivity contribution in [2.75, 3.05) is 0 Å². The lowest BCUT2D eigenvalue weighted by Crippen LogP contribution is -2.02. The molecule has 0 radical (unpaired) electrons. The molecule has 1 saturated carbocycles. The van der Waals surface area contributed by atoms with Crippen LogP contribution >= 0.6 is 0 Å². The summed E-state index contributed by atoms with van der Waals surface area (Å²) in [4.78, 5) is 4.43. The molecule has 0 N–H and O–H groups in total. The molecule has 1 aliphatic rings. The van der Waals surface area contributed by atoms with Crippen molar-refractivity contribution in [3.05, 3.63) is 71.2 Å². The van der Waals surface area contributed by atoms with Crippen molar-refractivity contribution in [2.45, 2.75) is 45.1 Å². The molecule has 28 heavy (non-hydrogen) atoms. The number of aryl methyl sites for hydroxylation is 1. The van der Waals surface area contributed by atoms with Crippen LogP contribution in [0.2, 0.25) is 0 Å². The molecule has 1 fully saturated rings. The van der Waals surface area contributed by atoms with Gasteiger partial charge in [-0.1, -0.05) is 18.9 Å². The van der Waals surface area contributed by atoms with E-state index in [0.717, 1.165) is 31.7 Å². The van der Waals surface area contributed by atoms with E-state index >= 15 is 0 Å². The van der Waals surface area contributed by atoms with E-state index in [2.05, 4.69) is 4.98 Å². The summed E-state index contributed by atoms with van der Waals surface area (Å²) in [7, 11) is 0. The lowest BCUT2D eigenvalue weighted by molar-refractivity contribution is 0.281. The van der Waals surface area contributed by atoms with Crippen LogP contribution in [0.4, 0.5) is 13.2 Å². The molecule has 3 aromatic rings. The molecule has 0 saturated heterocycles. The van der Waals surface area contributed by atoms with Crippen molar-refractivity contribution in [2.24, 2.45) is 0 Å². The molecule has 0 spiro atoms. The number of halogens is 3. The minimum absolute atomic E-state index is 0.0518. The molecule has 0 unspecified atom stereocenters. The van der Waals surface area contributed by atoms with E-state index in [9.17, 15) is 13.2 Å². The van der Waals surface area contributed by atoms with Crippen molar-refractivity contribution in [3.8, 4) is 16.9 Å². The Hall–Kier alpha value is -2.76. The van der Waals surface area contributed by atoms with Gasteiger partial charge in [0.25, 0.3) is 0 Å². The molecule has 146 valence electrons. The van der Waals surface area contributed by atoms with Gasteiger partial charge in [-0.15, -0.1) is 0 Å². The monoisotopic (exact) mass is 387 g/mol. The van der Waals surface area contributed by atoms with Crippen molar-refractivity contribution in [1.29, 1.82) is 0 Å². The standard InChI is InChI=1S/C22H20F3NO2/c1-13-10-15(6-8-18(13)23)17-7-9-19(24)20(25)21(17)27-11-16-12-28-22(26-16)14-4-2-3-5-14/h6-10,12,14H,2-5,11H2,1H3. The smallest absolute Gasteiger partial charge is 0.201 e. The summed E-state index contributed by atoms with van der Waals surface area (Å²) >= 11 is 0. The van der Waals surface area contributed by atoms with Gasteiger partial charge >= 0.3 is 0 Å². The van der Waals surface area contributed by atoms with Gasteiger partial charge in [0.2, 0.25) is 5.82 Å². The van der Waals surface area contributed by atoms with Gasteiger partial charge in [-0.2, -0.15) is 4.39 Å². The zero-order valence-corrected chi connectivity index (χ0v) is 15.5. The number of rotatable bonds is 5. The summed E-state index contributed by atoms with van der Waals surface area (Å²) < 4.78 is 53.0. The number of hydrogen-bond acceptors (Lipinski definition) is 3. The minimum atomic E-state index is -1.08. The molecule has 1 aromatic heterocycles. The molecule has 0 amide bonds. The highest BCUT2D eigenvalue weighted by atomic mass is 19.2. The minimum Gasteiger partial charge on any atom is -0.483 e. The second kappa shape index (κ2) is 7.70. The van der Waals surface area contributed by atoms with Crippen LogP contribution in [0.3, 0.4) is 0 Å².